The minimum absolute atomic E-state index is 0.149. The minimum atomic E-state index is -0.863. The number of halogens is 2. The fourth-order valence-electron chi connectivity index (χ4n) is 2.48. The van der Waals surface area contributed by atoms with Crippen LogP contribution in [0, 0.1) is 11.6 Å². The molecule has 0 spiro atoms. The van der Waals surface area contributed by atoms with Crippen LogP contribution < -0.4 is 14.9 Å². The van der Waals surface area contributed by atoms with Crippen molar-refractivity contribution in [3.05, 3.63) is 41.5 Å². The summed E-state index contributed by atoms with van der Waals surface area (Å²) in [6.45, 7) is 3.04. The molecule has 4 rings (SSSR count). The van der Waals surface area contributed by atoms with Crippen LogP contribution in [0.5, 0.6) is 5.88 Å². The summed E-state index contributed by atoms with van der Waals surface area (Å²) in [6.07, 6.45) is 1.03. The first-order valence-electron chi connectivity index (χ1n) is 8.81. The summed E-state index contributed by atoms with van der Waals surface area (Å²) in [5.41, 5.74) is 3.02. The van der Waals surface area contributed by atoms with Crippen molar-refractivity contribution in [3.63, 3.8) is 0 Å². The van der Waals surface area contributed by atoms with Crippen LogP contribution in [0.2, 0.25) is 0 Å². The lowest BCUT2D eigenvalue weighted by Crippen LogP contribution is -2.31. The van der Waals surface area contributed by atoms with Gasteiger partial charge < -0.3 is 9.46 Å². The standard InChI is InChI=1S/C17H19F2N5O2S2/c18-13-4-1-3-11(16(13)19)10-27-17-21-14(23-28-24-5-2-6-24)7-15(22-17)26-12-8-20-25-9-12/h1,3-4,7,12,20H,2,5-6,8-10H2,(H,21,22,23)/t12-/m0/s1. The summed E-state index contributed by atoms with van der Waals surface area (Å²) in [4.78, 5) is 13.9. The number of thioether (sulfide) groups is 1. The Bertz CT molecular complexity index is 822. The first kappa shape index (κ1) is 19.6. The van der Waals surface area contributed by atoms with Crippen LogP contribution in [-0.2, 0) is 10.6 Å². The molecule has 11 heteroatoms. The number of aromatic nitrogens is 2. The van der Waals surface area contributed by atoms with Gasteiger partial charge in [-0.3, -0.25) is 4.84 Å². The summed E-state index contributed by atoms with van der Waals surface area (Å²) in [6, 6.07) is 5.85. The van der Waals surface area contributed by atoms with Gasteiger partial charge in [-0.05, 0) is 12.5 Å². The number of ether oxygens (including phenoxy) is 1. The second kappa shape index (κ2) is 9.23. The molecule has 2 aliphatic heterocycles. The van der Waals surface area contributed by atoms with Crippen molar-refractivity contribution in [1.82, 2.24) is 19.8 Å². The zero-order valence-electron chi connectivity index (χ0n) is 14.9. The van der Waals surface area contributed by atoms with E-state index in [0.29, 0.717) is 30.0 Å². The molecular formula is C17H19F2N5O2S2. The van der Waals surface area contributed by atoms with Gasteiger partial charge in [0.2, 0.25) is 5.88 Å². The lowest BCUT2D eigenvalue weighted by Gasteiger charge is -2.28. The summed E-state index contributed by atoms with van der Waals surface area (Å²) < 4.78 is 38.5. The molecule has 0 saturated carbocycles. The average molecular weight is 428 g/mol. The average Bonchev–Trinajstić information content (AvgIpc) is 3.14. The molecule has 0 bridgehead atoms. The molecule has 7 nitrogen and oxygen atoms in total. The molecule has 2 saturated heterocycles. The predicted molar refractivity (Wildman–Crippen MR) is 104 cm³/mol. The van der Waals surface area contributed by atoms with Gasteiger partial charge in [-0.2, -0.15) is 10.5 Å². The van der Waals surface area contributed by atoms with Gasteiger partial charge in [-0.15, -0.1) is 0 Å². The Morgan fingerprint density at radius 3 is 2.96 bits per heavy atom. The van der Waals surface area contributed by atoms with Crippen LogP contribution in [0.15, 0.2) is 29.4 Å². The van der Waals surface area contributed by atoms with Crippen molar-refractivity contribution >= 4 is 29.7 Å². The van der Waals surface area contributed by atoms with Crippen LogP contribution in [0.4, 0.5) is 14.6 Å². The fourth-order valence-corrected chi connectivity index (χ4v) is 4.08. The van der Waals surface area contributed by atoms with E-state index in [1.54, 1.807) is 12.1 Å². The molecule has 0 unspecified atom stereocenters. The Balaban J connectivity index is 1.47. The largest absolute Gasteiger partial charge is 0.470 e. The van der Waals surface area contributed by atoms with Crippen molar-refractivity contribution in [2.75, 3.05) is 31.0 Å². The van der Waals surface area contributed by atoms with E-state index < -0.39 is 11.6 Å². The van der Waals surface area contributed by atoms with Crippen molar-refractivity contribution in [2.24, 2.45) is 0 Å². The third-order valence-corrected chi connectivity index (χ3v) is 5.95. The van der Waals surface area contributed by atoms with Gasteiger partial charge in [0.25, 0.3) is 0 Å². The zero-order chi connectivity index (χ0) is 19.3. The van der Waals surface area contributed by atoms with Crippen LogP contribution >= 0.6 is 23.9 Å². The molecule has 1 aromatic heterocycles. The van der Waals surface area contributed by atoms with Gasteiger partial charge in [-0.25, -0.2) is 18.1 Å². The Hall–Kier alpha value is -1.66. The Morgan fingerprint density at radius 1 is 1.32 bits per heavy atom. The number of hydrogen-bond donors (Lipinski definition) is 2. The van der Waals surface area contributed by atoms with E-state index in [1.807, 2.05) is 0 Å². The summed E-state index contributed by atoms with van der Waals surface area (Å²) in [5.74, 6) is -0.501. The summed E-state index contributed by atoms with van der Waals surface area (Å²) in [7, 11) is 0. The highest BCUT2D eigenvalue weighted by molar-refractivity contribution is 7.98. The molecule has 0 radical (unpaired) electrons. The van der Waals surface area contributed by atoms with E-state index in [2.05, 4.69) is 24.5 Å². The second-order valence-corrected chi connectivity index (χ2v) is 8.10. The Labute approximate surface area is 169 Å². The highest BCUT2D eigenvalue weighted by Crippen LogP contribution is 2.28. The minimum Gasteiger partial charge on any atom is -0.470 e. The molecule has 0 amide bonds. The van der Waals surface area contributed by atoms with Crippen LogP contribution in [0.25, 0.3) is 0 Å². The van der Waals surface area contributed by atoms with Crippen LogP contribution in [-0.4, -0.2) is 46.6 Å². The van der Waals surface area contributed by atoms with Crippen molar-refractivity contribution in [2.45, 2.75) is 23.4 Å². The quantitative estimate of drug-likeness (QED) is 0.376. The van der Waals surface area contributed by atoms with Gasteiger partial charge in [-0.1, -0.05) is 23.9 Å². The molecule has 150 valence electrons. The topological polar surface area (TPSA) is 71.5 Å². The number of rotatable bonds is 8. The van der Waals surface area contributed by atoms with Crippen LogP contribution in [0.1, 0.15) is 12.0 Å². The molecule has 2 fully saturated rings. The number of hydroxylamine groups is 1. The third-order valence-electron chi connectivity index (χ3n) is 4.13. The highest BCUT2D eigenvalue weighted by Gasteiger charge is 2.20. The van der Waals surface area contributed by atoms with E-state index in [-0.39, 0.29) is 17.4 Å². The molecule has 3 heterocycles. The van der Waals surface area contributed by atoms with Gasteiger partial charge in [0.05, 0.1) is 6.54 Å². The second-order valence-electron chi connectivity index (χ2n) is 6.25. The molecule has 28 heavy (non-hydrogen) atoms. The highest BCUT2D eigenvalue weighted by atomic mass is 32.2. The first-order chi connectivity index (χ1) is 13.7. The van der Waals surface area contributed by atoms with Gasteiger partial charge in [0.15, 0.2) is 16.8 Å². The lowest BCUT2D eigenvalue weighted by molar-refractivity contribution is 0.0832. The number of hydrogen-bond acceptors (Lipinski definition) is 9. The molecular weight excluding hydrogens is 408 g/mol. The SMILES string of the molecule is Fc1cccc(CSc2nc(NSN3CCC3)cc(O[C@H]3CNOC3)n2)c1F. The Kier molecular flexibility index (Phi) is 6.47. The lowest BCUT2D eigenvalue weighted by atomic mass is 10.2. The monoisotopic (exact) mass is 427 g/mol. The molecule has 2 aliphatic rings. The molecule has 1 aromatic carbocycles. The molecule has 2 aromatic rings. The molecule has 0 aliphatic carbocycles. The van der Waals surface area contributed by atoms with Crippen LogP contribution in [0.3, 0.4) is 0 Å². The van der Waals surface area contributed by atoms with E-state index in [1.165, 1.54) is 36.4 Å². The normalized spacial score (nSPS) is 19.4. The zero-order valence-corrected chi connectivity index (χ0v) is 16.5. The predicted octanol–water partition coefficient (Wildman–Crippen LogP) is 3.01. The number of benzene rings is 1. The van der Waals surface area contributed by atoms with Crippen molar-refractivity contribution < 1.29 is 18.4 Å². The van der Waals surface area contributed by atoms with Gasteiger partial charge in [0, 0.05) is 42.6 Å². The Morgan fingerprint density at radius 2 is 2.21 bits per heavy atom. The maximum absolute atomic E-state index is 13.9. The van der Waals surface area contributed by atoms with Crippen molar-refractivity contribution in [1.29, 1.82) is 0 Å². The maximum atomic E-state index is 13.9. The van der Waals surface area contributed by atoms with E-state index in [4.69, 9.17) is 9.57 Å². The molecule has 2 N–H and O–H groups in total. The fraction of sp³-hybridized carbons (Fsp3) is 0.412. The number of nitrogens with zero attached hydrogens (tertiary/aromatic N) is 3. The first-order valence-corrected chi connectivity index (χ1v) is 10.6. The van der Waals surface area contributed by atoms with E-state index >= 15 is 0 Å². The van der Waals surface area contributed by atoms with Gasteiger partial charge >= 0.3 is 0 Å². The van der Waals surface area contributed by atoms with E-state index in [9.17, 15) is 8.78 Å². The number of anilines is 1. The summed E-state index contributed by atoms with van der Waals surface area (Å²) in [5, 5.41) is 0.416. The smallest absolute Gasteiger partial charge is 0.219 e. The van der Waals surface area contributed by atoms with E-state index in [0.717, 1.165) is 19.2 Å². The van der Waals surface area contributed by atoms with Crippen molar-refractivity contribution in [3.8, 4) is 5.88 Å². The maximum Gasteiger partial charge on any atom is 0.219 e. The molecule has 1 atom stereocenters. The third kappa shape index (κ3) is 5.03. The number of nitrogens with one attached hydrogen (secondary N) is 2. The van der Waals surface area contributed by atoms with Gasteiger partial charge in [0.1, 0.15) is 18.5 Å². The summed E-state index contributed by atoms with van der Waals surface area (Å²) >= 11 is 2.69.